The predicted molar refractivity (Wildman–Crippen MR) is 60.9 cm³/mol. The molecule has 0 saturated carbocycles. The number of aliphatic hydroxyl groups is 1. The van der Waals surface area contributed by atoms with E-state index in [9.17, 15) is 0 Å². The fraction of sp³-hybridized carbons (Fsp3) is 0.700. The molecule has 1 rings (SSSR count). The molecule has 0 aliphatic heterocycles. The predicted octanol–water partition coefficient (Wildman–Crippen LogP) is 1.28. The van der Waals surface area contributed by atoms with Gasteiger partial charge in [-0.2, -0.15) is 0 Å². The first-order valence-corrected chi connectivity index (χ1v) is 5.56. The van der Waals surface area contributed by atoms with Crippen LogP contribution in [0.2, 0.25) is 5.15 Å². The van der Waals surface area contributed by atoms with Gasteiger partial charge in [-0.05, 0) is 13.0 Å². The maximum absolute atomic E-state index is 8.77. The van der Waals surface area contributed by atoms with Gasteiger partial charge in [0.05, 0.1) is 12.7 Å². The van der Waals surface area contributed by atoms with E-state index in [1.165, 1.54) is 0 Å². The molecule has 1 aromatic rings. The molecule has 15 heavy (non-hydrogen) atoms. The van der Waals surface area contributed by atoms with Crippen molar-refractivity contribution in [1.29, 1.82) is 0 Å². The highest BCUT2D eigenvalue weighted by atomic mass is 35.5. The SMILES string of the molecule is CCN(CCCO)Cc1ncc(Cl)n1C. The minimum atomic E-state index is 0.234. The summed E-state index contributed by atoms with van der Waals surface area (Å²) in [5, 5.41) is 9.42. The fourth-order valence-electron chi connectivity index (χ4n) is 1.41. The van der Waals surface area contributed by atoms with Gasteiger partial charge in [0, 0.05) is 20.2 Å². The zero-order chi connectivity index (χ0) is 11.3. The van der Waals surface area contributed by atoms with Crippen LogP contribution in [0.25, 0.3) is 0 Å². The molecule has 0 fully saturated rings. The summed E-state index contributed by atoms with van der Waals surface area (Å²) in [4.78, 5) is 6.47. The molecule has 0 radical (unpaired) electrons. The Labute approximate surface area is 95.5 Å². The van der Waals surface area contributed by atoms with Crippen molar-refractivity contribution in [3.05, 3.63) is 17.2 Å². The smallest absolute Gasteiger partial charge is 0.128 e. The summed E-state index contributed by atoms with van der Waals surface area (Å²) in [6.07, 6.45) is 2.46. The van der Waals surface area contributed by atoms with E-state index >= 15 is 0 Å². The first kappa shape index (κ1) is 12.5. The lowest BCUT2D eigenvalue weighted by Crippen LogP contribution is -2.26. The number of hydrogen-bond acceptors (Lipinski definition) is 3. The highest BCUT2D eigenvalue weighted by molar-refractivity contribution is 6.29. The Morgan fingerprint density at radius 2 is 2.33 bits per heavy atom. The van der Waals surface area contributed by atoms with Crippen molar-refractivity contribution in [3.63, 3.8) is 0 Å². The van der Waals surface area contributed by atoms with E-state index in [1.807, 2.05) is 11.6 Å². The van der Waals surface area contributed by atoms with Crippen LogP contribution >= 0.6 is 11.6 Å². The highest BCUT2D eigenvalue weighted by Crippen LogP contribution is 2.11. The quantitative estimate of drug-likeness (QED) is 0.802. The summed E-state index contributed by atoms with van der Waals surface area (Å²) in [5.41, 5.74) is 0. The Balaban J connectivity index is 2.54. The zero-order valence-corrected chi connectivity index (χ0v) is 10.0. The van der Waals surface area contributed by atoms with Gasteiger partial charge in [0.15, 0.2) is 0 Å². The van der Waals surface area contributed by atoms with Crippen LogP contribution in [0.3, 0.4) is 0 Å². The molecule has 0 aromatic carbocycles. The Morgan fingerprint density at radius 1 is 1.60 bits per heavy atom. The number of nitrogens with zero attached hydrogens (tertiary/aromatic N) is 3. The Bertz CT molecular complexity index is 301. The molecular formula is C10H18ClN3O. The molecule has 1 N–H and O–H groups in total. The number of hydrogen-bond donors (Lipinski definition) is 1. The summed E-state index contributed by atoms with van der Waals surface area (Å²) in [5.74, 6) is 0.958. The van der Waals surface area contributed by atoms with Crippen LogP contribution in [0, 0.1) is 0 Å². The fourth-order valence-corrected chi connectivity index (χ4v) is 1.56. The van der Waals surface area contributed by atoms with Gasteiger partial charge in [0.1, 0.15) is 11.0 Å². The summed E-state index contributed by atoms with van der Waals surface area (Å²) in [6.45, 7) is 4.95. The molecule has 0 saturated heterocycles. The summed E-state index contributed by atoms with van der Waals surface area (Å²) in [6, 6.07) is 0. The van der Waals surface area contributed by atoms with Gasteiger partial charge in [0.25, 0.3) is 0 Å². The van der Waals surface area contributed by atoms with Gasteiger partial charge >= 0.3 is 0 Å². The number of imidazole rings is 1. The van der Waals surface area contributed by atoms with Crippen molar-refractivity contribution in [2.45, 2.75) is 19.9 Å². The van der Waals surface area contributed by atoms with Gasteiger partial charge in [-0.1, -0.05) is 18.5 Å². The third kappa shape index (κ3) is 3.48. The molecule has 0 amide bonds. The third-order valence-corrected chi connectivity index (χ3v) is 2.82. The minimum Gasteiger partial charge on any atom is -0.396 e. The van der Waals surface area contributed by atoms with Crippen LogP contribution in [0.1, 0.15) is 19.2 Å². The molecule has 5 heteroatoms. The van der Waals surface area contributed by atoms with Crippen molar-refractivity contribution < 1.29 is 5.11 Å². The average Bonchev–Trinajstić information content (AvgIpc) is 2.55. The number of halogens is 1. The molecule has 1 aromatic heterocycles. The van der Waals surface area contributed by atoms with Crippen LogP contribution in [0.15, 0.2) is 6.20 Å². The molecule has 1 heterocycles. The van der Waals surface area contributed by atoms with Gasteiger partial charge in [-0.3, -0.25) is 4.90 Å². The highest BCUT2D eigenvalue weighted by Gasteiger charge is 2.08. The van der Waals surface area contributed by atoms with Crippen molar-refractivity contribution in [2.24, 2.45) is 7.05 Å². The van der Waals surface area contributed by atoms with Gasteiger partial charge in [-0.15, -0.1) is 0 Å². The van der Waals surface area contributed by atoms with E-state index in [4.69, 9.17) is 16.7 Å². The molecule has 0 unspecified atom stereocenters. The van der Waals surface area contributed by atoms with Crippen LogP contribution < -0.4 is 0 Å². The average molecular weight is 232 g/mol. The molecule has 0 aliphatic carbocycles. The van der Waals surface area contributed by atoms with Crippen molar-refractivity contribution in [1.82, 2.24) is 14.5 Å². The van der Waals surface area contributed by atoms with E-state index in [2.05, 4.69) is 16.8 Å². The second-order valence-corrected chi connectivity index (χ2v) is 3.89. The van der Waals surface area contributed by atoms with Crippen LogP contribution in [-0.2, 0) is 13.6 Å². The molecule has 0 atom stereocenters. The van der Waals surface area contributed by atoms with Crippen molar-refractivity contribution >= 4 is 11.6 Å². The molecule has 0 bridgehead atoms. The largest absolute Gasteiger partial charge is 0.396 e. The van der Waals surface area contributed by atoms with E-state index in [0.29, 0.717) is 5.15 Å². The Morgan fingerprint density at radius 3 is 2.80 bits per heavy atom. The standard InChI is InChI=1S/C10H18ClN3O/c1-3-14(5-4-6-15)8-10-12-7-9(11)13(10)2/h7,15H,3-6,8H2,1-2H3. The molecule has 0 spiro atoms. The van der Waals surface area contributed by atoms with E-state index in [1.54, 1.807) is 6.20 Å². The Hall–Kier alpha value is -0.580. The normalized spacial score (nSPS) is 11.3. The number of aliphatic hydroxyl groups excluding tert-OH is 1. The summed E-state index contributed by atoms with van der Waals surface area (Å²) in [7, 11) is 1.91. The van der Waals surface area contributed by atoms with Gasteiger partial charge < -0.3 is 9.67 Å². The van der Waals surface area contributed by atoms with Crippen molar-refractivity contribution in [2.75, 3.05) is 19.7 Å². The lowest BCUT2D eigenvalue weighted by molar-refractivity contribution is 0.221. The third-order valence-electron chi connectivity index (χ3n) is 2.47. The lowest BCUT2D eigenvalue weighted by Gasteiger charge is -2.19. The second-order valence-electron chi connectivity index (χ2n) is 3.50. The van der Waals surface area contributed by atoms with Crippen LogP contribution in [-0.4, -0.2) is 39.3 Å². The zero-order valence-electron chi connectivity index (χ0n) is 9.28. The van der Waals surface area contributed by atoms with Gasteiger partial charge in [0.2, 0.25) is 0 Å². The lowest BCUT2D eigenvalue weighted by atomic mass is 10.3. The monoisotopic (exact) mass is 231 g/mol. The Kier molecular flexibility index (Phi) is 5.08. The van der Waals surface area contributed by atoms with Crippen LogP contribution in [0.4, 0.5) is 0 Å². The van der Waals surface area contributed by atoms with E-state index < -0.39 is 0 Å². The molecule has 86 valence electrons. The number of aromatic nitrogens is 2. The minimum absolute atomic E-state index is 0.234. The maximum atomic E-state index is 8.77. The second kappa shape index (κ2) is 6.10. The first-order valence-electron chi connectivity index (χ1n) is 5.18. The summed E-state index contributed by atoms with van der Waals surface area (Å²) < 4.78 is 1.88. The topological polar surface area (TPSA) is 41.3 Å². The first-order chi connectivity index (χ1) is 7.19. The van der Waals surface area contributed by atoms with Gasteiger partial charge in [-0.25, -0.2) is 4.98 Å². The van der Waals surface area contributed by atoms with E-state index in [-0.39, 0.29) is 6.61 Å². The van der Waals surface area contributed by atoms with Crippen LogP contribution in [0.5, 0.6) is 0 Å². The van der Waals surface area contributed by atoms with E-state index in [0.717, 1.165) is 31.9 Å². The maximum Gasteiger partial charge on any atom is 0.128 e. The number of rotatable bonds is 6. The molecule has 4 nitrogen and oxygen atoms in total. The summed E-state index contributed by atoms with van der Waals surface area (Å²) >= 11 is 5.90. The molecule has 0 aliphatic rings. The molecular weight excluding hydrogens is 214 g/mol. The van der Waals surface area contributed by atoms with Crippen molar-refractivity contribution in [3.8, 4) is 0 Å².